The number of aromatic nitrogens is 4. The molecule has 0 amide bonds. The normalized spacial score (nSPS) is 16.6. The van der Waals surface area contributed by atoms with Gasteiger partial charge in [-0.3, -0.25) is 4.79 Å². The Hall–Kier alpha value is -3.74. The molecule has 1 atom stereocenters. The Labute approximate surface area is 179 Å². The molecule has 0 radical (unpaired) electrons. The van der Waals surface area contributed by atoms with E-state index in [0.29, 0.717) is 11.3 Å². The largest absolute Gasteiger partial charge is 0.351 e. The molecule has 156 valence electrons. The molecular weight excluding hydrogens is 393 g/mol. The third-order valence-electron chi connectivity index (χ3n) is 5.77. The summed E-state index contributed by atoms with van der Waals surface area (Å²) >= 11 is 0. The van der Waals surface area contributed by atoms with Crippen LogP contribution in [0, 0.1) is 5.82 Å². The second kappa shape index (κ2) is 7.83. The van der Waals surface area contributed by atoms with Crippen molar-refractivity contribution in [3.63, 3.8) is 0 Å². The topological polar surface area (TPSA) is 55.4 Å². The zero-order valence-corrected chi connectivity index (χ0v) is 17.1. The number of halogens is 1. The summed E-state index contributed by atoms with van der Waals surface area (Å²) in [4.78, 5) is 19.3. The maximum atomic E-state index is 13.8. The lowest BCUT2D eigenvalue weighted by Gasteiger charge is -2.26. The number of fused-ring (bicyclic) bond motifs is 1. The van der Waals surface area contributed by atoms with Crippen LogP contribution in [-0.4, -0.2) is 31.5 Å². The lowest BCUT2D eigenvalue weighted by Crippen LogP contribution is -2.24. The number of nitrogens with zero attached hydrogens (tertiary/aromatic N) is 5. The Morgan fingerprint density at radius 3 is 2.90 bits per heavy atom. The molecule has 1 aliphatic rings. The summed E-state index contributed by atoms with van der Waals surface area (Å²) in [5.41, 5.74) is 2.89. The number of carbonyl (C=O) groups excluding carboxylic acids is 1. The first-order valence-electron chi connectivity index (χ1n) is 10.3. The average molecular weight is 415 g/mol. The van der Waals surface area contributed by atoms with Crippen LogP contribution >= 0.6 is 0 Å². The predicted octanol–water partition coefficient (Wildman–Crippen LogP) is 4.44. The Morgan fingerprint density at radius 2 is 2.10 bits per heavy atom. The number of carbonyl (C=O) groups is 1. The number of imidazole rings is 1. The number of benzene rings is 1. The van der Waals surface area contributed by atoms with Gasteiger partial charge in [0.1, 0.15) is 17.3 Å². The van der Waals surface area contributed by atoms with Gasteiger partial charge in [-0.05, 0) is 67.0 Å². The van der Waals surface area contributed by atoms with Crippen molar-refractivity contribution in [2.45, 2.75) is 18.9 Å². The number of ketones is 1. The summed E-state index contributed by atoms with van der Waals surface area (Å²) in [5, 5.41) is 4.73. The number of hydrogen-bond acceptors (Lipinski definition) is 4. The lowest BCUT2D eigenvalue weighted by atomic mass is 10.0. The van der Waals surface area contributed by atoms with Gasteiger partial charge in [0.25, 0.3) is 0 Å². The van der Waals surface area contributed by atoms with Gasteiger partial charge in [-0.2, -0.15) is 0 Å². The fourth-order valence-corrected chi connectivity index (χ4v) is 4.18. The van der Waals surface area contributed by atoms with Gasteiger partial charge < -0.3 is 9.47 Å². The molecule has 0 saturated carbocycles. The zero-order valence-electron chi connectivity index (χ0n) is 17.1. The van der Waals surface area contributed by atoms with E-state index in [1.54, 1.807) is 35.0 Å². The molecule has 0 unspecified atom stereocenters. The second-order valence-corrected chi connectivity index (χ2v) is 7.75. The number of anilines is 1. The van der Waals surface area contributed by atoms with E-state index in [1.165, 1.54) is 6.07 Å². The van der Waals surface area contributed by atoms with Gasteiger partial charge in [0.05, 0.1) is 12.2 Å². The van der Waals surface area contributed by atoms with Crippen LogP contribution in [0.5, 0.6) is 0 Å². The fraction of sp³-hybridized carbons (Fsp3) is 0.208. The van der Waals surface area contributed by atoms with Crippen molar-refractivity contribution in [2.75, 3.05) is 11.4 Å². The van der Waals surface area contributed by atoms with Gasteiger partial charge in [-0.25, -0.2) is 13.9 Å². The maximum absolute atomic E-state index is 13.8. The monoisotopic (exact) mass is 415 g/mol. The van der Waals surface area contributed by atoms with Gasteiger partial charge in [-0.1, -0.05) is 12.1 Å². The molecule has 4 heterocycles. The van der Waals surface area contributed by atoms with E-state index >= 15 is 0 Å². The van der Waals surface area contributed by atoms with Gasteiger partial charge >= 0.3 is 0 Å². The SMILES string of the molecule is Cn1cccc1C=CC(=O)c1cnc2ccc(N3CCC[C@@H]3c3cccc(F)c3)nn12. The van der Waals surface area contributed by atoms with Crippen LogP contribution in [0.1, 0.15) is 40.6 Å². The molecule has 0 bridgehead atoms. The van der Waals surface area contributed by atoms with E-state index in [9.17, 15) is 9.18 Å². The highest BCUT2D eigenvalue weighted by Gasteiger charge is 2.28. The minimum Gasteiger partial charge on any atom is -0.351 e. The highest BCUT2D eigenvalue weighted by atomic mass is 19.1. The molecule has 6 nitrogen and oxygen atoms in total. The molecule has 1 saturated heterocycles. The van der Waals surface area contributed by atoms with Crippen LogP contribution in [0.4, 0.5) is 10.2 Å². The Morgan fingerprint density at radius 1 is 1.19 bits per heavy atom. The van der Waals surface area contributed by atoms with E-state index in [0.717, 1.165) is 36.5 Å². The first-order chi connectivity index (χ1) is 15.1. The van der Waals surface area contributed by atoms with Crippen LogP contribution in [0.2, 0.25) is 0 Å². The molecule has 1 aromatic carbocycles. The van der Waals surface area contributed by atoms with E-state index in [4.69, 9.17) is 5.10 Å². The maximum Gasteiger partial charge on any atom is 0.205 e. The molecule has 0 N–H and O–H groups in total. The van der Waals surface area contributed by atoms with Crippen molar-refractivity contribution < 1.29 is 9.18 Å². The van der Waals surface area contributed by atoms with Crippen molar-refractivity contribution in [3.8, 4) is 0 Å². The Kier molecular flexibility index (Phi) is 4.86. The van der Waals surface area contributed by atoms with Crippen molar-refractivity contribution in [3.05, 3.63) is 89.8 Å². The summed E-state index contributed by atoms with van der Waals surface area (Å²) in [6.45, 7) is 0.824. The Balaban J connectivity index is 1.47. The highest BCUT2D eigenvalue weighted by Crippen LogP contribution is 2.35. The number of allylic oxidation sites excluding steroid dienone is 1. The van der Waals surface area contributed by atoms with Gasteiger partial charge in [0, 0.05) is 25.5 Å². The smallest absolute Gasteiger partial charge is 0.205 e. The van der Waals surface area contributed by atoms with Crippen LogP contribution < -0.4 is 4.90 Å². The third kappa shape index (κ3) is 3.63. The van der Waals surface area contributed by atoms with Crippen LogP contribution in [0.25, 0.3) is 11.7 Å². The van der Waals surface area contributed by atoms with Crippen molar-refractivity contribution in [1.29, 1.82) is 0 Å². The summed E-state index contributed by atoms with van der Waals surface area (Å²) < 4.78 is 17.3. The molecule has 7 heteroatoms. The number of hydrogen-bond donors (Lipinski definition) is 0. The van der Waals surface area contributed by atoms with Crippen LogP contribution in [0.15, 0.2) is 67.0 Å². The number of rotatable bonds is 5. The summed E-state index contributed by atoms with van der Waals surface area (Å²) in [6, 6.07) is 14.4. The highest BCUT2D eigenvalue weighted by molar-refractivity contribution is 6.05. The van der Waals surface area contributed by atoms with Crippen molar-refractivity contribution >= 4 is 23.3 Å². The second-order valence-electron chi connectivity index (χ2n) is 7.75. The molecule has 31 heavy (non-hydrogen) atoms. The van der Waals surface area contributed by atoms with Crippen molar-refractivity contribution in [1.82, 2.24) is 19.2 Å². The van der Waals surface area contributed by atoms with E-state index in [1.807, 2.05) is 48.1 Å². The molecule has 1 fully saturated rings. The van der Waals surface area contributed by atoms with Crippen LogP contribution in [0.3, 0.4) is 0 Å². The molecular formula is C24H22FN5O. The van der Waals surface area contributed by atoms with Gasteiger partial charge in [-0.15, -0.1) is 5.10 Å². The van der Waals surface area contributed by atoms with E-state index < -0.39 is 0 Å². The zero-order chi connectivity index (χ0) is 21.4. The average Bonchev–Trinajstić information content (AvgIpc) is 3.51. The number of aryl methyl sites for hydroxylation is 1. The first-order valence-corrected chi connectivity index (χ1v) is 10.3. The molecule has 3 aromatic heterocycles. The van der Waals surface area contributed by atoms with Gasteiger partial charge in [0.2, 0.25) is 5.78 Å². The first kappa shape index (κ1) is 19.2. The molecule has 5 rings (SSSR count). The molecule has 0 aliphatic carbocycles. The van der Waals surface area contributed by atoms with E-state index in [-0.39, 0.29) is 17.6 Å². The predicted molar refractivity (Wildman–Crippen MR) is 117 cm³/mol. The Bertz CT molecular complexity index is 1290. The van der Waals surface area contributed by atoms with E-state index in [2.05, 4.69) is 9.88 Å². The molecule has 4 aromatic rings. The fourth-order valence-electron chi connectivity index (χ4n) is 4.18. The summed E-state index contributed by atoms with van der Waals surface area (Å²) in [5.74, 6) is 0.347. The quantitative estimate of drug-likeness (QED) is 0.357. The summed E-state index contributed by atoms with van der Waals surface area (Å²) in [6.07, 6.45) is 8.73. The lowest BCUT2D eigenvalue weighted by molar-refractivity contribution is 0.104. The third-order valence-corrected chi connectivity index (χ3v) is 5.77. The minimum atomic E-state index is -0.236. The van der Waals surface area contributed by atoms with Gasteiger partial charge in [0.15, 0.2) is 5.65 Å². The minimum absolute atomic E-state index is 0.0561. The molecule has 1 aliphatic heterocycles. The summed E-state index contributed by atoms with van der Waals surface area (Å²) in [7, 11) is 1.93. The van der Waals surface area contributed by atoms with Crippen LogP contribution in [-0.2, 0) is 7.05 Å². The molecule has 0 spiro atoms. The van der Waals surface area contributed by atoms with Crippen molar-refractivity contribution in [2.24, 2.45) is 7.05 Å². The standard InChI is InChI=1S/C24H22FN5O/c1-28-13-3-7-19(28)9-10-22(31)21-16-26-23-11-12-24(27-30(21)23)29-14-4-8-20(29)17-5-2-6-18(25)15-17/h2-3,5-7,9-13,15-16,20H,4,8,14H2,1H3/t20-/m1/s1.